The average molecular weight is 2110 g/mol. The lowest BCUT2D eigenvalue weighted by molar-refractivity contribution is -0.143. The van der Waals surface area contributed by atoms with Gasteiger partial charge in [-0.15, -0.1) is 10.2 Å². The number of Topliss-reactive ketones (excluding diaryl/α,β-unsaturated/α-hetero) is 2. The fraction of sp³-hybridized carbons (Fsp3) is 0.646. The first-order valence-electron chi connectivity index (χ1n) is 51.6. The number of primary amides is 1. The van der Waals surface area contributed by atoms with Crippen molar-refractivity contribution in [3.8, 4) is 0 Å². The second-order valence-corrected chi connectivity index (χ2v) is 37.2. The van der Waals surface area contributed by atoms with E-state index in [-0.39, 0.29) is 152 Å². The molecule has 51 heteroatoms. The third-order valence-corrected chi connectivity index (χ3v) is 24.8. The zero-order valence-corrected chi connectivity index (χ0v) is 86.4. The van der Waals surface area contributed by atoms with E-state index < -0.39 is 220 Å². The number of likely N-dealkylation sites (N-methyl/N-ethyl adjacent to an activating group) is 1. The molecule has 6 rings (SSSR count). The van der Waals surface area contributed by atoms with Crippen molar-refractivity contribution < 1.29 is 126 Å². The molecule has 0 saturated carbocycles. The number of aromatic nitrogens is 5. The summed E-state index contributed by atoms with van der Waals surface area (Å²) < 4.78 is 10.7. The summed E-state index contributed by atoms with van der Waals surface area (Å²) in [4.78, 5) is 256. The minimum Gasteiger partial charge on any atom is -0.480 e. The Morgan fingerprint density at radius 2 is 1.14 bits per heavy atom. The Kier molecular flexibility index (Phi) is 61.5. The molecule has 2 aromatic carbocycles. The number of amides is 15. The Hall–Kier alpha value is -13.6. The molecule has 15 amide bonds. The largest absolute Gasteiger partial charge is 0.480 e. The molecule has 0 aliphatic carbocycles. The van der Waals surface area contributed by atoms with Gasteiger partial charge in [-0.25, -0.2) is 0 Å². The van der Waals surface area contributed by atoms with Crippen LogP contribution in [0.25, 0.3) is 10.9 Å². The summed E-state index contributed by atoms with van der Waals surface area (Å²) in [6.45, 7) is 0.306. The Bertz CT molecular complexity index is 4920. The number of aryl methyl sites for hydroxylation is 1. The third-order valence-electron chi connectivity index (χ3n) is 24.8. The fourth-order valence-corrected chi connectivity index (χ4v) is 16.6. The van der Waals surface area contributed by atoms with Crippen LogP contribution in [0.2, 0.25) is 0 Å². The topological polar surface area (TPSA) is 780 Å². The summed E-state index contributed by atoms with van der Waals surface area (Å²) in [6, 6.07) is 2.28. The van der Waals surface area contributed by atoms with E-state index >= 15 is 0 Å². The van der Waals surface area contributed by atoms with Gasteiger partial charge in [0.2, 0.25) is 88.6 Å². The van der Waals surface area contributed by atoms with Crippen LogP contribution in [-0.4, -0.2) is 357 Å². The molecule has 0 bridgehead atoms. The minimum absolute atomic E-state index is 0.00372. The van der Waals surface area contributed by atoms with Crippen molar-refractivity contribution in [3.05, 3.63) is 77.7 Å². The van der Waals surface area contributed by atoms with E-state index in [1.807, 2.05) is 31.2 Å². The number of nitrogens with one attached hydrogen (secondary N) is 16. The number of carbonyl (C=O) groups excluding carboxylic acids is 17. The van der Waals surface area contributed by atoms with Gasteiger partial charge in [0.1, 0.15) is 54.9 Å². The second-order valence-electron chi connectivity index (χ2n) is 37.2. The molecule has 2 aliphatic rings. The molecule has 2 aliphatic heterocycles. The van der Waals surface area contributed by atoms with E-state index in [1.165, 1.54) is 76.5 Å². The number of aliphatic imine (C=N–C) groups is 1. The molecule has 2 fully saturated rings. The molecule has 0 radical (unpaired) electrons. The molecule has 150 heavy (non-hydrogen) atoms. The van der Waals surface area contributed by atoms with E-state index in [1.54, 1.807) is 43.6 Å². The number of benzene rings is 2. The van der Waals surface area contributed by atoms with E-state index in [0.717, 1.165) is 59.3 Å². The molecular weight excluding hydrogens is 1960 g/mol. The number of aliphatic hydroxyl groups is 3. The number of rotatable bonds is 65. The number of aliphatic hydroxyl groups excluding tert-OH is 3. The van der Waals surface area contributed by atoms with Gasteiger partial charge >= 0.3 is 11.9 Å². The van der Waals surface area contributed by atoms with Gasteiger partial charge < -0.3 is 137 Å². The molecule has 27 N–H and O–H groups in total. The van der Waals surface area contributed by atoms with Gasteiger partial charge in [-0.2, -0.15) is 5.21 Å². The Labute approximate surface area is 871 Å². The number of fused-ring (bicyclic) bond motifs is 2. The number of H-pyrrole nitrogens is 2. The number of aromatic amines is 2. The van der Waals surface area contributed by atoms with Crippen LogP contribution in [0.1, 0.15) is 230 Å². The summed E-state index contributed by atoms with van der Waals surface area (Å²) in [5, 5.41) is 100. The van der Waals surface area contributed by atoms with Crippen LogP contribution < -0.4 is 91.6 Å². The zero-order valence-electron chi connectivity index (χ0n) is 86.4. The first-order chi connectivity index (χ1) is 71.9. The van der Waals surface area contributed by atoms with Gasteiger partial charge in [-0.3, -0.25) is 101 Å². The maximum absolute atomic E-state index is 14.4. The number of ketones is 2. The van der Waals surface area contributed by atoms with Crippen molar-refractivity contribution in [1.29, 1.82) is 0 Å². The van der Waals surface area contributed by atoms with E-state index in [4.69, 9.17) is 36.9 Å². The van der Waals surface area contributed by atoms with Gasteiger partial charge in [-0.05, 0) is 122 Å². The molecule has 2 saturated heterocycles. The SMILES string of the molecule is CCCC[C@H](NC(=O)[C@H](CCCCNC(=O)CN(CC(=O)O)CC(=O)O)NC(=O)[C@H](CO)NC(=O)[C@H](CCC(N)=O)NC(=O)[C@H](CO)NC(=O)CNC(=O)COCCOCCNC(=O)CCCCCCCCCCCCCCCc1nn[nH]n1)C(C)=O.CN[C@H]1CCC(=O)NCCCC[C@@H](C(C)=O)NC(=O)[C@H](Cc2c[nH]c3ccccc23)NC(=O)[C@H](CCCN=C(N)N)NC(=O)[C@@H](Cc2ccccc2)NC(=O)[C@@H]2C[C@@H](O)CN2C1=O. The van der Waals surface area contributed by atoms with Crippen molar-refractivity contribution in [1.82, 2.24) is 110 Å². The van der Waals surface area contributed by atoms with Gasteiger partial charge in [0.15, 0.2) is 23.4 Å². The molecule has 4 heterocycles. The van der Waals surface area contributed by atoms with Crippen LogP contribution in [0.4, 0.5) is 0 Å². The predicted octanol–water partition coefficient (Wildman–Crippen LogP) is -3.15. The number of tetrazole rings is 1. The highest BCUT2D eigenvalue weighted by Gasteiger charge is 2.43. The van der Waals surface area contributed by atoms with Gasteiger partial charge in [-0.1, -0.05) is 144 Å². The summed E-state index contributed by atoms with van der Waals surface area (Å²) in [7, 11) is 1.57. The molecule has 4 aromatic rings. The minimum atomic E-state index is -1.79. The number of ether oxygens (including phenoxy) is 2. The third kappa shape index (κ3) is 52.0. The Morgan fingerprint density at radius 1 is 0.567 bits per heavy atom. The standard InChI is InChI=1S/C55H96N14O18.C44H61N11O8/c1-3-4-20-39(38(2)72)61-52(82)40(21-18-19-26-57-48(76)32-69(33-50(78)79)34-51(80)81)62-55(85)43(36-71)64-53(83)41(24-25-44(56)73)63-54(84)42(35-70)60-47(75)31-59-49(77)37-87-30-29-86-28-27-58-46(74)23-17-15-13-11-9-7-5-6-8-10-12-14-16-22-45-65-67-68-66-45;1-26(56)31-14-8-9-19-48-38(58)18-17-34(47-2)43(63)55-25-29(57)23-37(55)42(62)54-35(21-27-11-4-3-5-12-27)40(60)52-33(16-10-20-49-44(45)46)39(59)53-36(41(61)51-31)22-28-24-50-32-15-7-6-13-30(28)32/h39-43,70-71H,3-37H2,1-2H3,(H2,56,73)(H,57,76)(H,58,74)(H,59,77)(H,60,75)(H,61,82)(H,62,85)(H,63,84)(H,64,83)(H,78,79)(H,80,81)(H,65,66,67,68);3-7,11-13,15,24,29,31,33-37,47,50,57H,8-10,14,16-23,25H2,1-2H3,(H,48,58)(H,51,61)(H,52,60)(H,53,59)(H,54,62)(H4,45,46,49)/t39-,40-,41-,42-,43-;29-,31+,33+,34+,35-,36+,37+/m01/s1. The molecule has 2 aromatic heterocycles. The zero-order chi connectivity index (χ0) is 110. The molecule has 0 unspecified atom stereocenters. The number of carbonyl (C=O) groups is 19. The maximum atomic E-state index is 14.4. The molecular formula is C99H157N25O26. The van der Waals surface area contributed by atoms with Gasteiger partial charge in [0.25, 0.3) is 0 Å². The van der Waals surface area contributed by atoms with Gasteiger partial charge in [0, 0.05) is 94.8 Å². The monoisotopic (exact) mass is 2110 g/mol. The number of para-hydroxylation sites is 1. The number of hydrogen-bond acceptors (Lipinski definition) is 30. The van der Waals surface area contributed by atoms with Crippen molar-refractivity contribution in [2.45, 2.75) is 305 Å². The highest BCUT2D eigenvalue weighted by Crippen LogP contribution is 2.24. The number of carboxylic acid groups (broad SMARTS) is 2. The first kappa shape index (κ1) is 127. The van der Waals surface area contributed by atoms with Crippen molar-refractivity contribution >= 4 is 129 Å². The number of carboxylic acids is 2. The van der Waals surface area contributed by atoms with Crippen LogP contribution >= 0.6 is 0 Å². The highest BCUT2D eigenvalue weighted by molar-refractivity contribution is 6.00. The lowest BCUT2D eigenvalue weighted by Crippen LogP contribution is -2.60. The van der Waals surface area contributed by atoms with Crippen molar-refractivity contribution in [3.63, 3.8) is 0 Å². The normalized spacial score (nSPS) is 18.0. The summed E-state index contributed by atoms with van der Waals surface area (Å²) >= 11 is 0. The van der Waals surface area contributed by atoms with E-state index in [2.05, 4.69) is 105 Å². The molecule has 0 spiro atoms. The number of guanidine groups is 1. The van der Waals surface area contributed by atoms with Crippen molar-refractivity contribution in [2.75, 3.05) is 106 Å². The van der Waals surface area contributed by atoms with E-state index in [0.29, 0.717) is 44.2 Å². The summed E-state index contributed by atoms with van der Waals surface area (Å²) in [5.41, 5.74) is 18.6. The maximum Gasteiger partial charge on any atom is 0.317 e. The number of unbranched alkanes of at least 4 members (excludes halogenated alkanes) is 14. The van der Waals surface area contributed by atoms with Gasteiger partial charge in [0.05, 0.1) is 83.4 Å². The van der Waals surface area contributed by atoms with Crippen LogP contribution in [-0.2, 0) is 120 Å². The van der Waals surface area contributed by atoms with Crippen LogP contribution in [0.3, 0.4) is 0 Å². The second kappa shape index (κ2) is 72.7. The number of hydrogen-bond donors (Lipinski definition) is 24. The van der Waals surface area contributed by atoms with Crippen LogP contribution in [0.15, 0.2) is 65.8 Å². The first-order valence-corrected chi connectivity index (χ1v) is 51.6. The number of aliphatic carboxylic acids is 2. The number of nitrogens with two attached hydrogens (primary N) is 3. The molecule has 51 nitrogen and oxygen atoms in total. The quantitative estimate of drug-likeness (QED) is 0.0118. The van der Waals surface area contributed by atoms with Crippen LogP contribution in [0.5, 0.6) is 0 Å². The number of nitrogens with zero attached hydrogens (tertiary/aromatic N) is 6. The molecule has 12 atom stereocenters. The Morgan fingerprint density at radius 3 is 1.76 bits per heavy atom. The predicted molar refractivity (Wildman–Crippen MR) is 547 cm³/mol. The van der Waals surface area contributed by atoms with E-state index in [9.17, 15) is 106 Å². The fourth-order valence-electron chi connectivity index (χ4n) is 16.6. The Balaban J connectivity index is 0.000000552. The molecule has 834 valence electrons. The summed E-state index contributed by atoms with van der Waals surface area (Å²) in [5.74, 6) is -13.7. The smallest absolute Gasteiger partial charge is 0.317 e. The van der Waals surface area contributed by atoms with Crippen molar-refractivity contribution in [2.24, 2.45) is 22.2 Å². The summed E-state index contributed by atoms with van der Waals surface area (Å²) in [6.07, 6.45) is 19.4. The lowest BCUT2D eigenvalue weighted by atomic mass is 10.0. The highest BCUT2D eigenvalue weighted by atomic mass is 16.5. The average Bonchev–Trinajstić information content (AvgIpc) is 1.67. The lowest BCUT2D eigenvalue weighted by Gasteiger charge is -2.30. The van der Waals surface area contributed by atoms with Crippen LogP contribution in [0, 0.1) is 0 Å².